The first-order chi connectivity index (χ1) is 9.15. The van der Waals surface area contributed by atoms with Gasteiger partial charge < -0.3 is 9.51 Å². The standard InChI is InChI=1S/C15H13FN2O/c1-10(19)14-9-18-6-5-13(15(18)8-17-14)11-3-2-4-12(16)7-11/h2-10,19H,1H3. The zero-order chi connectivity index (χ0) is 13.4. The molecule has 0 aliphatic heterocycles. The van der Waals surface area contributed by atoms with Crippen LogP contribution in [0.1, 0.15) is 18.7 Å². The Morgan fingerprint density at radius 2 is 2.16 bits per heavy atom. The fourth-order valence-corrected chi connectivity index (χ4v) is 2.14. The Morgan fingerprint density at radius 3 is 2.89 bits per heavy atom. The van der Waals surface area contributed by atoms with Crippen molar-refractivity contribution in [2.75, 3.05) is 0 Å². The van der Waals surface area contributed by atoms with Crippen molar-refractivity contribution in [2.45, 2.75) is 13.0 Å². The van der Waals surface area contributed by atoms with E-state index < -0.39 is 6.10 Å². The summed E-state index contributed by atoms with van der Waals surface area (Å²) in [6.07, 6.45) is 4.75. The number of hydrogen-bond donors (Lipinski definition) is 1. The fraction of sp³-hybridized carbons (Fsp3) is 0.133. The molecular weight excluding hydrogens is 243 g/mol. The zero-order valence-electron chi connectivity index (χ0n) is 10.4. The quantitative estimate of drug-likeness (QED) is 0.764. The van der Waals surface area contributed by atoms with Gasteiger partial charge in [-0.15, -0.1) is 0 Å². The topological polar surface area (TPSA) is 37.5 Å². The Balaban J connectivity index is 2.16. The van der Waals surface area contributed by atoms with Crippen LogP contribution in [0.4, 0.5) is 4.39 Å². The molecule has 0 aliphatic rings. The lowest BCUT2D eigenvalue weighted by molar-refractivity contribution is 0.194. The van der Waals surface area contributed by atoms with Crippen molar-refractivity contribution in [3.05, 3.63) is 60.4 Å². The predicted molar refractivity (Wildman–Crippen MR) is 71.2 cm³/mol. The largest absolute Gasteiger partial charge is 0.387 e. The number of fused-ring (bicyclic) bond motifs is 1. The monoisotopic (exact) mass is 256 g/mol. The average Bonchev–Trinajstić information content (AvgIpc) is 2.81. The minimum Gasteiger partial charge on any atom is -0.387 e. The Labute approximate surface area is 110 Å². The van der Waals surface area contributed by atoms with Crippen LogP contribution < -0.4 is 0 Å². The molecule has 0 amide bonds. The Morgan fingerprint density at radius 1 is 1.32 bits per heavy atom. The minimum atomic E-state index is -0.607. The molecular formula is C15H13FN2O. The molecule has 0 bridgehead atoms. The summed E-state index contributed by atoms with van der Waals surface area (Å²) in [5.41, 5.74) is 3.22. The van der Waals surface area contributed by atoms with Crippen molar-refractivity contribution in [2.24, 2.45) is 0 Å². The van der Waals surface area contributed by atoms with Crippen LogP contribution in [0.5, 0.6) is 0 Å². The molecule has 4 heteroatoms. The second-order valence-electron chi connectivity index (χ2n) is 4.52. The normalized spacial score (nSPS) is 12.8. The van der Waals surface area contributed by atoms with Gasteiger partial charge in [0, 0.05) is 18.0 Å². The van der Waals surface area contributed by atoms with Crippen molar-refractivity contribution in [3.63, 3.8) is 0 Å². The van der Waals surface area contributed by atoms with E-state index in [-0.39, 0.29) is 5.82 Å². The highest BCUT2D eigenvalue weighted by atomic mass is 19.1. The maximum atomic E-state index is 13.3. The third-order valence-corrected chi connectivity index (χ3v) is 3.13. The smallest absolute Gasteiger partial charge is 0.123 e. The van der Waals surface area contributed by atoms with Gasteiger partial charge in [0.15, 0.2) is 0 Å². The third-order valence-electron chi connectivity index (χ3n) is 3.13. The molecule has 0 radical (unpaired) electrons. The summed E-state index contributed by atoms with van der Waals surface area (Å²) in [5, 5.41) is 9.52. The Bertz CT molecular complexity index is 734. The number of aliphatic hydroxyl groups is 1. The first kappa shape index (κ1) is 11.9. The van der Waals surface area contributed by atoms with E-state index in [0.717, 1.165) is 16.6 Å². The van der Waals surface area contributed by atoms with Crippen molar-refractivity contribution in [1.82, 2.24) is 9.38 Å². The Hall–Kier alpha value is -2.20. The lowest BCUT2D eigenvalue weighted by Crippen LogP contribution is -1.98. The van der Waals surface area contributed by atoms with Gasteiger partial charge in [0.1, 0.15) is 5.82 Å². The van der Waals surface area contributed by atoms with E-state index in [9.17, 15) is 9.50 Å². The Kier molecular flexibility index (Phi) is 2.80. The summed E-state index contributed by atoms with van der Waals surface area (Å²) in [6.45, 7) is 1.67. The molecule has 2 heterocycles. The van der Waals surface area contributed by atoms with Crippen LogP contribution >= 0.6 is 0 Å². The second-order valence-corrected chi connectivity index (χ2v) is 4.52. The molecule has 0 saturated heterocycles. The lowest BCUT2D eigenvalue weighted by atomic mass is 10.1. The van der Waals surface area contributed by atoms with E-state index in [1.165, 1.54) is 12.1 Å². The number of rotatable bonds is 2. The van der Waals surface area contributed by atoms with E-state index in [1.54, 1.807) is 25.4 Å². The lowest BCUT2D eigenvalue weighted by Gasteiger charge is -2.05. The molecule has 0 spiro atoms. The predicted octanol–water partition coefficient (Wildman–Crippen LogP) is 3.19. The van der Waals surface area contributed by atoms with Crippen LogP contribution in [-0.4, -0.2) is 14.5 Å². The SMILES string of the molecule is CC(O)c1cn2ccc(-c3cccc(F)c3)c2cn1. The van der Waals surface area contributed by atoms with E-state index in [4.69, 9.17) is 0 Å². The van der Waals surface area contributed by atoms with Crippen LogP contribution in [0.25, 0.3) is 16.6 Å². The summed E-state index contributed by atoms with van der Waals surface area (Å²) >= 11 is 0. The molecule has 1 aromatic carbocycles. The van der Waals surface area contributed by atoms with Gasteiger partial charge in [-0.2, -0.15) is 0 Å². The highest BCUT2D eigenvalue weighted by molar-refractivity contribution is 5.80. The summed E-state index contributed by atoms with van der Waals surface area (Å²) in [5.74, 6) is -0.259. The maximum absolute atomic E-state index is 13.3. The summed E-state index contributed by atoms with van der Waals surface area (Å²) in [7, 11) is 0. The molecule has 3 nitrogen and oxygen atoms in total. The zero-order valence-corrected chi connectivity index (χ0v) is 10.4. The highest BCUT2D eigenvalue weighted by Crippen LogP contribution is 2.26. The molecule has 3 rings (SSSR count). The summed E-state index contributed by atoms with van der Waals surface area (Å²) < 4.78 is 15.2. The van der Waals surface area contributed by atoms with Gasteiger partial charge in [0.05, 0.1) is 23.5 Å². The van der Waals surface area contributed by atoms with Gasteiger partial charge in [-0.25, -0.2) is 4.39 Å². The number of benzene rings is 1. The highest BCUT2D eigenvalue weighted by Gasteiger charge is 2.09. The molecule has 2 aromatic heterocycles. The maximum Gasteiger partial charge on any atom is 0.123 e. The van der Waals surface area contributed by atoms with E-state index in [0.29, 0.717) is 5.69 Å². The first-order valence-corrected chi connectivity index (χ1v) is 6.06. The van der Waals surface area contributed by atoms with Gasteiger partial charge in [-0.3, -0.25) is 4.98 Å². The molecule has 1 unspecified atom stereocenters. The van der Waals surface area contributed by atoms with E-state index in [1.807, 2.05) is 22.7 Å². The van der Waals surface area contributed by atoms with Crippen molar-refractivity contribution in [1.29, 1.82) is 0 Å². The van der Waals surface area contributed by atoms with Gasteiger partial charge in [-0.1, -0.05) is 12.1 Å². The van der Waals surface area contributed by atoms with Crippen LogP contribution in [0.15, 0.2) is 48.9 Å². The van der Waals surface area contributed by atoms with Gasteiger partial charge in [-0.05, 0) is 30.7 Å². The van der Waals surface area contributed by atoms with Crippen molar-refractivity contribution >= 4 is 5.52 Å². The van der Waals surface area contributed by atoms with E-state index in [2.05, 4.69) is 4.98 Å². The number of aliphatic hydroxyl groups excluding tert-OH is 1. The fourth-order valence-electron chi connectivity index (χ4n) is 2.14. The van der Waals surface area contributed by atoms with E-state index >= 15 is 0 Å². The van der Waals surface area contributed by atoms with Crippen molar-refractivity contribution < 1.29 is 9.50 Å². The summed E-state index contributed by atoms with van der Waals surface area (Å²) in [6, 6.07) is 8.38. The number of nitrogens with zero attached hydrogens (tertiary/aromatic N) is 2. The van der Waals surface area contributed by atoms with Gasteiger partial charge in [0.25, 0.3) is 0 Å². The molecule has 0 aliphatic carbocycles. The van der Waals surface area contributed by atoms with Crippen molar-refractivity contribution in [3.8, 4) is 11.1 Å². The molecule has 1 atom stereocenters. The molecule has 0 fully saturated rings. The molecule has 0 saturated carbocycles. The van der Waals surface area contributed by atoms with Crippen LogP contribution in [-0.2, 0) is 0 Å². The molecule has 3 aromatic rings. The van der Waals surface area contributed by atoms with Crippen LogP contribution in [0, 0.1) is 5.82 Å². The van der Waals surface area contributed by atoms with Gasteiger partial charge >= 0.3 is 0 Å². The number of hydrogen-bond acceptors (Lipinski definition) is 2. The minimum absolute atomic E-state index is 0.259. The summed E-state index contributed by atoms with van der Waals surface area (Å²) in [4.78, 5) is 4.22. The number of halogens is 1. The van der Waals surface area contributed by atoms with Crippen LogP contribution in [0.2, 0.25) is 0 Å². The molecule has 96 valence electrons. The third kappa shape index (κ3) is 2.11. The number of aromatic nitrogens is 2. The first-order valence-electron chi connectivity index (χ1n) is 6.06. The average molecular weight is 256 g/mol. The molecule has 1 N–H and O–H groups in total. The van der Waals surface area contributed by atoms with Crippen LogP contribution in [0.3, 0.4) is 0 Å². The molecule has 19 heavy (non-hydrogen) atoms. The second kappa shape index (κ2) is 4.48. The van der Waals surface area contributed by atoms with Gasteiger partial charge in [0.2, 0.25) is 0 Å².